The zero-order valence-electron chi connectivity index (χ0n) is 17.3. The number of carbonyl (C=O) groups excluding carboxylic acids is 1. The zero-order chi connectivity index (χ0) is 22.7. The molecule has 0 unspecified atom stereocenters. The second kappa shape index (κ2) is 9.50. The third-order valence-corrected chi connectivity index (χ3v) is 6.38. The van der Waals surface area contributed by atoms with Crippen LogP contribution in [-0.2, 0) is 11.2 Å². The minimum absolute atomic E-state index is 0.0397. The molecule has 8 heteroatoms. The smallest absolute Gasteiger partial charge is 0.280 e. The van der Waals surface area contributed by atoms with Crippen molar-refractivity contribution in [3.8, 4) is 11.3 Å². The molecule has 0 saturated carbocycles. The Bertz CT molecular complexity index is 1210. The van der Waals surface area contributed by atoms with E-state index in [2.05, 4.69) is 6.92 Å². The summed E-state index contributed by atoms with van der Waals surface area (Å²) in [6.45, 7) is 2.16. The molecule has 1 aliphatic heterocycles. The van der Waals surface area contributed by atoms with E-state index >= 15 is 0 Å². The molecule has 1 aliphatic rings. The molecule has 1 saturated heterocycles. The molecule has 0 bridgehead atoms. The second-order valence-corrected chi connectivity index (χ2v) is 8.94. The number of hydrogen-bond acceptors (Lipinski definition) is 6. The maximum absolute atomic E-state index is 13.0. The van der Waals surface area contributed by atoms with Gasteiger partial charge in [0.05, 0.1) is 21.1 Å². The molecule has 0 radical (unpaired) electrons. The van der Waals surface area contributed by atoms with Crippen LogP contribution in [0.25, 0.3) is 17.4 Å². The van der Waals surface area contributed by atoms with Crippen molar-refractivity contribution in [1.29, 1.82) is 0 Å². The number of hydrogen-bond donors (Lipinski definition) is 0. The first-order valence-electron chi connectivity index (χ1n) is 10.2. The Hall–Kier alpha value is -3.23. The van der Waals surface area contributed by atoms with Gasteiger partial charge in [0, 0.05) is 12.1 Å². The summed E-state index contributed by atoms with van der Waals surface area (Å²) in [4.78, 5) is 25.8. The molecule has 0 N–H and O–H groups in total. The van der Waals surface area contributed by atoms with E-state index in [1.54, 1.807) is 36.4 Å². The molecule has 1 fully saturated rings. The summed E-state index contributed by atoms with van der Waals surface area (Å²) in [7, 11) is 0. The third kappa shape index (κ3) is 4.51. The average Bonchev–Trinajstić information content (AvgIpc) is 3.37. The molecule has 0 aliphatic carbocycles. The van der Waals surface area contributed by atoms with Gasteiger partial charge in [0.25, 0.3) is 11.6 Å². The van der Waals surface area contributed by atoms with E-state index in [0.717, 1.165) is 24.9 Å². The van der Waals surface area contributed by atoms with Crippen molar-refractivity contribution >= 4 is 51.7 Å². The molecule has 0 spiro atoms. The van der Waals surface area contributed by atoms with Gasteiger partial charge in [0.2, 0.25) is 0 Å². The number of thiocarbonyl (C=S) groups is 1. The first kappa shape index (κ1) is 22.0. The highest BCUT2D eigenvalue weighted by Crippen LogP contribution is 2.37. The van der Waals surface area contributed by atoms with E-state index in [9.17, 15) is 14.9 Å². The van der Waals surface area contributed by atoms with E-state index < -0.39 is 4.92 Å². The van der Waals surface area contributed by atoms with Crippen LogP contribution in [0.5, 0.6) is 0 Å². The molecule has 1 aromatic heterocycles. The Morgan fingerprint density at radius 1 is 1.12 bits per heavy atom. The van der Waals surface area contributed by atoms with Gasteiger partial charge in [-0.15, -0.1) is 0 Å². The fourth-order valence-corrected chi connectivity index (χ4v) is 4.71. The number of para-hydroxylation sites is 1. The highest BCUT2D eigenvalue weighted by atomic mass is 32.2. The van der Waals surface area contributed by atoms with Crippen LogP contribution >= 0.6 is 24.0 Å². The van der Waals surface area contributed by atoms with Crippen molar-refractivity contribution in [3.05, 3.63) is 87.0 Å². The number of thioether (sulfide) groups is 1. The summed E-state index contributed by atoms with van der Waals surface area (Å²) < 4.78 is 6.24. The van der Waals surface area contributed by atoms with Crippen molar-refractivity contribution < 1.29 is 14.1 Å². The van der Waals surface area contributed by atoms with Gasteiger partial charge < -0.3 is 4.42 Å². The van der Waals surface area contributed by atoms with Crippen molar-refractivity contribution in [3.63, 3.8) is 0 Å². The van der Waals surface area contributed by atoms with Gasteiger partial charge in [0.15, 0.2) is 4.32 Å². The number of furan rings is 1. The lowest BCUT2D eigenvalue weighted by Crippen LogP contribution is -2.27. The Morgan fingerprint density at radius 2 is 1.88 bits per heavy atom. The monoisotopic (exact) mass is 464 g/mol. The lowest BCUT2D eigenvalue weighted by atomic mass is 10.1. The van der Waals surface area contributed by atoms with Crippen molar-refractivity contribution in [2.45, 2.75) is 26.2 Å². The number of nitro groups is 1. The number of carbonyl (C=O) groups is 1. The van der Waals surface area contributed by atoms with Crippen LogP contribution in [0, 0.1) is 10.1 Å². The molecule has 3 aromatic rings. The van der Waals surface area contributed by atoms with E-state index in [-0.39, 0.29) is 11.6 Å². The first-order chi connectivity index (χ1) is 15.5. The molecule has 2 heterocycles. The molecule has 32 heavy (non-hydrogen) atoms. The number of aryl methyl sites for hydroxylation is 1. The lowest BCUT2D eigenvalue weighted by molar-refractivity contribution is -0.384. The summed E-state index contributed by atoms with van der Waals surface area (Å²) in [6, 6.07) is 17.6. The van der Waals surface area contributed by atoms with Crippen LogP contribution < -0.4 is 4.90 Å². The number of rotatable bonds is 7. The molecule has 1 amide bonds. The Labute approximate surface area is 195 Å². The number of benzene rings is 2. The van der Waals surface area contributed by atoms with Crippen molar-refractivity contribution in [2.75, 3.05) is 4.90 Å². The number of nitro benzene ring substituents is 1. The fourth-order valence-electron chi connectivity index (χ4n) is 3.43. The number of amides is 1. The van der Waals surface area contributed by atoms with E-state index in [1.807, 2.05) is 24.3 Å². The molecule has 162 valence electrons. The van der Waals surface area contributed by atoms with Crippen LogP contribution in [0.1, 0.15) is 31.1 Å². The van der Waals surface area contributed by atoms with Gasteiger partial charge in [-0.25, -0.2) is 0 Å². The molecule has 2 aromatic carbocycles. The first-order valence-corrected chi connectivity index (χ1v) is 11.4. The van der Waals surface area contributed by atoms with E-state index in [1.165, 1.54) is 28.3 Å². The maximum atomic E-state index is 13.0. The lowest BCUT2D eigenvalue weighted by Gasteiger charge is -2.15. The van der Waals surface area contributed by atoms with Crippen molar-refractivity contribution in [2.24, 2.45) is 0 Å². The summed E-state index contributed by atoms with van der Waals surface area (Å²) >= 11 is 6.65. The van der Waals surface area contributed by atoms with Gasteiger partial charge >= 0.3 is 0 Å². The largest absolute Gasteiger partial charge is 0.456 e. The normalized spacial score (nSPS) is 15.0. The molecule has 0 atom stereocenters. The van der Waals surface area contributed by atoms with Crippen molar-refractivity contribution in [1.82, 2.24) is 0 Å². The highest BCUT2D eigenvalue weighted by Gasteiger charge is 2.33. The fraction of sp³-hybridized carbons (Fsp3) is 0.167. The molecular formula is C24H20N2O4S2. The van der Waals surface area contributed by atoms with Gasteiger partial charge in [-0.2, -0.15) is 0 Å². The third-order valence-electron chi connectivity index (χ3n) is 5.07. The minimum atomic E-state index is -0.448. The van der Waals surface area contributed by atoms with E-state index in [4.69, 9.17) is 16.6 Å². The summed E-state index contributed by atoms with van der Waals surface area (Å²) in [6.07, 6.45) is 4.89. The van der Waals surface area contributed by atoms with Crippen LogP contribution in [-0.4, -0.2) is 15.2 Å². The Morgan fingerprint density at radius 3 is 2.59 bits per heavy atom. The van der Waals surface area contributed by atoms with Crippen LogP contribution in [0.2, 0.25) is 0 Å². The molecular weight excluding hydrogens is 444 g/mol. The summed E-state index contributed by atoms with van der Waals surface area (Å²) in [5, 5.41) is 11.3. The highest BCUT2D eigenvalue weighted by molar-refractivity contribution is 8.27. The van der Waals surface area contributed by atoms with Crippen LogP contribution in [0.4, 0.5) is 11.4 Å². The Kier molecular flexibility index (Phi) is 6.53. The topological polar surface area (TPSA) is 76.6 Å². The summed E-state index contributed by atoms with van der Waals surface area (Å²) in [5.74, 6) is 0.570. The van der Waals surface area contributed by atoms with Gasteiger partial charge in [0.1, 0.15) is 11.5 Å². The number of unbranched alkanes of at least 4 members (excludes halogenated alkanes) is 1. The zero-order valence-corrected chi connectivity index (χ0v) is 18.9. The molecule has 6 nitrogen and oxygen atoms in total. The van der Waals surface area contributed by atoms with Crippen LogP contribution in [0.15, 0.2) is 70.0 Å². The quantitative estimate of drug-likeness (QED) is 0.170. The maximum Gasteiger partial charge on any atom is 0.280 e. The number of nitrogens with zero attached hydrogens (tertiary/aromatic N) is 2. The number of anilines is 1. The van der Waals surface area contributed by atoms with Gasteiger partial charge in [-0.1, -0.05) is 61.6 Å². The standard InChI is InChI=1S/C24H20N2O4S2/c1-2-3-6-16-9-11-17(12-10-16)25-23(27)22(32-24(25)31)15-18-13-14-21(30-18)19-7-4-5-8-20(19)26(28)29/h4-5,7-15H,2-3,6H2,1H3/b22-15+. The van der Waals surface area contributed by atoms with Crippen LogP contribution in [0.3, 0.4) is 0 Å². The predicted octanol–water partition coefficient (Wildman–Crippen LogP) is 6.60. The van der Waals surface area contributed by atoms with E-state index in [0.29, 0.717) is 26.3 Å². The predicted molar refractivity (Wildman–Crippen MR) is 132 cm³/mol. The SMILES string of the molecule is CCCCc1ccc(N2C(=O)/C(=C\c3ccc(-c4ccccc4[N+](=O)[O-])o3)SC2=S)cc1. The minimum Gasteiger partial charge on any atom is -0.456 e. The average molecular weight is 465 g/mol. The molecule has 4 rings (SSSR count). The summed E-state index contributed by atoms with van der Waals surface area (Å²) in [5.41, 5.74) is 2.31. The van der Waals surface area contributed by atoms with Gasteiger partial charge in [-0.3, -0.25) is 19.8 Å². The Balaban J connectivity index is 1.56. The second-order valence-electron chi connectivity index (χ2n) is 7.26. The van der Waals surface area contributed by atoms with Gasteiger partial charge in [-0.05, 0) is 48.7 Å².